The lowest BCUT2D eigenvalue weighted by Gasteiger charge is -2.14. The minimum atomic E-state index is -0.940. The number of aliphatic hydroxyl groups excluding tert-OH is 1. The summed E-state index contributed by atoms with van der Waals surface area (Å²) < 4.78 is 10.3. The number of carbonyl (C=O) groups is 1. The van der Waals surface area contributed by atoms with Gasteiger partial charge in [-0.15, -0.1) is 0 Å². The van der Waals surface area contributed by atoms with Gasteiger partial charge in [-0.3, -0.25) is 14.9 Å². The molecule has 0 aliphatic carbocycles. The van der Waals surface area contributed by atoms with Gasteiger partial charge in [0.25, 0.3) is 5.69 Å². The number of para-hydroxylation sites is 2. The molecule has 0 aliphatic heterocycles. The number of nitro groups is 1. The Bertz CT molecular complexity index is 1440. The van der Waals surface area contributed by atoms with Crippen LogP contribution in [0.4, 0.5) is 5.69 Å². The molecule has 2 N–H and O–H groups in total. The largest absolute Gasteiger partial charge is 0.506 e. The Labute approximate surface area is 173 Å². The molecular weight excluding hydrogens is 406 g/mol. The molecule has 0 atom stereocenters. The summed E-state index contributed by atoms with van der Waals surface area (Å²) in [6.07, 6.45) is 0. The second-order valence-electron chi connectivity index (χ2n) is 6.67. The Morgan fingerprint density at radius 2 is 1.90 bits per heavy atom. The van der Waals surface area contributed by atoms with Crippen molar-refractivity contribution in [2.75, 3.05) is 7.11 Å². The molecule has 0 bridgehead atoms. The molecule has 31 heavy (non-hydrogen) atoms. The maximum Gasteiger partial charge on any atom is 0.344 e. The molecule has 0 unspecified atom stereocenters. The minimum absolute atomic E-state index is 0.0146. The van der Waals surface area contributed by atoms with Crippen molar-refractivity contribution in [2.45, 2.75) is 6.61 Å². The summed E-state index contributed by atoms with van der Waals surface area (Å²) in [6, 6.07) is 11.7. The van der Waals surface area contributed by atoms with Gasteiger partial charge in [0.15, 0.2) is 0 Å². The molecule has 156 valence electrons. The van der Waals surface area contributed by atoms with E-state index in [1.807, 2.05) is 0 Å². The number of phenols is 1. The second-order valence-corrected chi connectivity index (χ2v) is 6.67. The van der Waals surface area contributed by atoms with Crippen molar-refractivity contribution in [3.8, 4) is 16.9 Å². The highest BCUT2D eigenvalue weighted by molar-refractivity contribution is 6.03. The summed E-state index contributed by atoms with van der Waals surface area (Å²) in [7, 11) is 1.09. The normalized spacial score (nSPS) is 11.0. The summed E-state index contributed by atoms with van der Waals surface area (Å²) in [4.78, 5) is 36.2. The van der Waals surface area contributed by atoms with E-state index in [1.165, 1.54) is 30.3 Å². The Morgan fingerprint density at radius 3 is 2.58 bits per heavy atom. The number of rotatable bonds is 4. The third-order valence-electron chi connectivity index (χ3n) is 4.99. The van der Waals surface area contributed by atoms with E-state index in [4.69, 9.17) is 4.42 Å². The summed E-state index contributed by atoms with van der Waals surface area (Å²) in [5.41, 5.74) is -1.40. The molecule has 4 aromatic rings. The number of methoxy groups -OCH3 is 1. The zero-order chi connectivity index (χ0) is 22.3. The van der Waals surface area contributed by atoms with E-state index in [2.05, 4.69) is 4.74 Å². The van der Waals surface area contributed by atoms with Gasteiger partial charge in [0.2, 0.25) is 5.43 Å². The summed E-state index contributed by atoms with van der Waals surface area (Å²) in [6.45, 7) is -0.616. The third-order valence-corrected chi connectivity index (χ3v) is 4.99. The molecule has 0 aliphatic rings. The number of esters is 1. The summed E-state index contributed by atoms with van der Waals surface area (Å²) >= 11 is 0. The quantitative estimate of drug-likeness (QED) is 0.221. The van der Waals surface area contributed by atoms with Crippen LogP contribution in [0.3, 0.4) is 0 Å². The highest BCUT2D eigenvalue weighted by Gasteiger charge is 2.30. The zero-order valence-corrected chi connectivity index (χ0v) is 16.1. The van der Waals surface area contributed by atoms with E-state index in [9.17, 15) is 29.9 Å². The fourth-order valence-electron chi connectivity index (χ4n) is 3.63. The Morgan fingerprint density at radius 1 is 1.16 bits per heavy atom. The Balaban J connectivity index is 2.17. The fraction of sp³-hybridized carbons (Fsp3) is 0.0909. The lowest BCUT2D eigenvalue weighted by molar-refractivity contribution is -0.384. The number of fused-ring (bicyclic) bond motifs is 2. The lowest BCUT2D eigenvalue weighted by Crippen LogP contribution is -2.08. The fourth-order valence-corrected chi connectivity index (χ4v) is 3.63. The molecular formula is C22H15NO8. The van der Waals surface area contributed by atoms with Crippen molar-refractivity contribution in [3.63, 3.8) is 0 Å². The van der Waals surface area contributed by atoms with Crippen LogP contribution in [0.1, 0.15) is 15.9 Å². The van der Waals surface area contributed by atoms with E-state index < -0.39 is 34.4 Å². The number of carbonyl (C=O) groups excluding carboxylic acids is 1. The van der Waals surface area contributed by atoms with Crippen molar-refractivity contribution in [3.05, 3.63) is 80.0 Å². The van der Waals surface area contributed by atoms with Crippen LogP contribution < -0.4 is 5.43 Å². The topological polar surface area (TPSA) is 140 Å². The number of benzene rings is 3. The van der Waals surface area contributed by atoms with E-state index in [-0.39, 0.29) is 44.2 Å². The Hall–Kier alpha value is -4.24. The van der Waals surface area contributed by atoms with Crippen LogP contribution >= 0.6 is 0 Å². The van der Waals surface area contributed by atoms with Crippen LogP contribution in [0.5, 0.6) is 5.75 Å². The van der Waals surface area contributed by atoms with E-state index in [0.29, 0.717) is 0 Å². The molecule has 0 saturated heterocycles. The van der Waals surface area contributed by atoms with Crippen LogP contribution in [0.15, 0.2) is 57.7 Å². The van der Waals surface area contributed by atoms with Crippen molar-refractivity contribution >= 4 is 33.6 Å². The number of phenolic OH excluding ortho intramolecular Hbond substituents is 1. The molecule has 0 radical (unpaired) electrons. The molecule has 0 saturated carbocycles. The van der Waals surface area contributed by atoms with Gasteiger partial charge in [0, 0.05) is 5.56 Å². The van der Waals surface area contributed by atoms with E-state index >= 15 is 0 Å². The summed E-state index contributed by atoms with van der Waals surface area (Å²) in [5.74, 6) is -1.53. The average molecular weight is 421 g/mol. The first-order valence-corrected chi connectivity index (χ1v) is 9.06. The van der Waals surface area contributed by atoms with Gasteiger partial charge >= 0.3 is 5.97 Å². The molecule has 0 fully saturated rings. The molecule has 0 amide bonds. The predicted molar refractivity (Wildman–Crippen MR) is 111 cm³/mol. The summed E-state index contributed by atoms with van der Waals surface area (Å²) in [5, 5.41) is 32.8. The maximum absolute atomic E-state index is 13.0. The molecule has 0 spiro atoms. The van der Waals surface area contributed by atoms with Crippen molar-refractivity contribution in [2.24, 2.45) is 0 Å². The second kappa shape index (κ2) is 7.54. The van der Waals surface area contributed by atoms with E-state index in [0.717, 1.165) is 7.11 Å². The van der Waals surface area contributed by atoms with Gasteiger partial charge in [-0.05, 0) is 35.9 Å². The molecule has 1 heterocycles. The standard InChI is InChI=1S/C22H15NO8/c1-30-22(27)14-7-4-6-13(19(14)23(28)29)17-11(10-24)9-16-18(21(17)26)20(25)12-5-2-3-8-15(12)31-16/h2-9,24,26H,10H2,1H3. The lowest BCUT2D eigenvalue weighted by atomic mass is 9.93. The number of hydrogen-bond acceptors (Lipinski definition) is 8. The van der Waals surface area contributed by atoms with Crippen LogP contribution in [0.25, 0.3) is 33.1 Å². The first-order chi connectivity index (χ1) is 14.9. The molecule has 4 rings (SSSR count). The average Bonchev–Trinajstić information content (AvgIpc) is 2.77. The van der Waals surface area contributed by atoms with Crippen LogP contribution in [-0.4, -0.2) is 28.2 Å². The first-order valence-electron chi connectivity index (χ1n) is 9.06. The highest BCUT2D eigenvalue weighted by Crippen LogP contribution is 2.43. The maximum atomic E-state index is 13.0. The molecule has 9 heteroatoms. The Kier molecular flexibility index (Phi) is 4.88. The highest BCUT2D eigenvalue weighted by atomic mass is 16.6. The number of aromatic hydroxyl groups is 1. The number of aliphatic hydroxyl groups is 1. The van der Waals surface area contributed by atoms with E-state index in [1.54, 1.807) is 18.2 Å². The third kappa shape index (κ3) is 3.08. The van der Waals surface area contributed by atoms with Crippen LogP contribution in [0, 0.1) is 10.1 Å². The van der Waals surface area contributed by atoms with Crippen molar-refractivity contribution in [1.82, 2.24) is 0 Å². The van der Waals surface area contributed by atoms with Crippen LogP contribution in [-0.2, 0) is 11.3 Å². The van der Waals surface area contributed by atoms with Crippen molar-refractivity contribution in [1.29, 1.82) is 0 Å². The first kappa shape index (κ1) is 20.0. The minimum Gasteiger partial charge on any atom is -0.506 e. The number of ether oxygens (including phenoxy) is 1. The van der Waals surface area contributed by atoms with Gasteiger partial charge in [-0.2, -0.15) is 0 Å². The zero-order valence-electron chi connectivity index (χ0n) is 16.1. The van der Waals surface area contributed by atoms with Crippen molar-refractivity contribution < 1.29 is 29.1 Å². The van der Waals surface area contributed by atoms with Crippen LogP contribution in [0.2, 0.25) is 0 Å². The van der Waals surface area contributed by atoms with Gasteiger partial charge in [0.1, 0.15) is 27.9 Å². The van der Waals surface area contributed by atoms with Gasteiger partial charge in [-0.1, -0.05) is 18.2 Å². The van der Waals surface area contributed by atoms with Gasteiger partial charge in [0.05, 0.1) is 29.6 Å². The smallest absolute Gasteiger partial charge is 0.344 e. The number of hydrogen-bond donors (Lipinski definition) is 2. The molecule has 1 aromatic heterocycles. The number of nitrogens with zero attached hydrogens (tertiary/aromatic N) is 1. The predicted octanol–water partition coefficient (Wildman–Crippen LogP) is 3.51. The molecule has 3 aromatic carbocycles. The monoisotopic (exact) mass is 421 g/mol. The molecule has 9 nitrogen and oxygen atoms in total. The number of nitro benzene ring substituents is 1. The van der Waals surface area contributed by atoms with Gasteiger partial charge < -0.3 is 19.4 Å². The SMILES string of the molecule is COC(=O)c1cccc(-c2c(CO)cc3oc4ccccc4c(=O)c3c2O)c1[N+](=O)[O-]. The van der Waals surface area contributed by atoms with Gasteiger partial charge in [-0.25, -0.2) is 4.79 Å².